The molecule has 0 aromatic heterocycles. The molecule has 4 heteroatoms. The number of fused-ring (bicyclic) bond motifs is 1. The molecule has 0 aliphatic carbocycles. The number of nitrogens with zero attached hydrogens (tertiary/aromatic N) is 1. The van der Waals surface area contributed by atoms with E-state index in [4.69, 9.17) is 9.47 Å². The van der Waals surface area contributed by atoms with Crippen molar-refractivity contribution in [1.82, 2.24) is 5.32 Å². The standard InChI is InChI=1S/C16H24N2O2/c1-12-10-17-13(2)5-6-18(11-12)14-3-4-15-16(9-14)20-8-7-19-15/h3-4,9,12-13,17H,5-8,10-11H2,1-2H3. The summed E-state index contributed by atoms with van der Waals surface area (Å²) in [4.78, 5) is 2.47. The SMILES string of the molecule is CC1CNC(C)CCN(c2ccc3c(c2)OCCO3)C1. The third-order valence-corrected chi connectivity index (χ3v) is 4.07. The minimum absolute atomic E-state index is 0.581. The van der Waals surface area contributed by atoms with Crippen LogP contribution in [0.2, 0.25) is 0 Å². The highest BCUT2D eigenvalue weighted by Crippen LogP contribution is 2.34. The number of benzene rings is 1. The molecule has 1 aromatic carbocycles. The fourth-order valence-corrected chi connectivity index (χ4v) is 2.85. The lowest BCUT2D eigenvalue weighted by Crippen LogP contribution is -2.42. The largest absolute Gasteiger partial charge is 0.486 e. The summed E-state index contributed by atoms with van der Waals surface area (Å²) < 4.78 is 11.3. The van der Waals surface area contributed by atoms with Gasteiger partial charge in [0, 0.05) is 30.9 Å². The zero-order valence-electron chi connectivity index (χ0n) is 12.4. The number of ether oxygens (including phenoxy) is 2. The minimum Gasteiger partial charge on any atom is -0.486 e. The summed E-state index contributed by atoms with van der Waals surface area (Å²) >= 11 is 0. The normalized spacial score (nSPS) is 26.8. The fraction of sp³-hybridized carbons (Fsp3) is 0.625. The summed E-state index contributed by atoms with van der Waals surface area (Å²) in [7, 11) is 0. The first-order valence-corrected chi connectivity index (χ1v) is 7.60. The Morgan fingerprint density at radius 3 is 2.80 bits per heavy atom. The molecule has 2 aliphatic heterocycles. The van der Waals surface area contributed by atoms with Crippen LogP contribution < -0.4 is 19.7 Å². The van der Waals surface area contributed by atoms with Crippen molar-refractivity contribution in [3.63, 3.8) is 0 Å². The molecule has 0 saturated carbocycles. The summed E-state index contributed by atoms with van der Waals surface area (Å²) in [5.41, 5.74) is 1.25. The minimum atomic E-state index is 0.581. The monoisotopic (exact) mass is 276 g/mol. The van der Waals surface area contributed by atoms with Gasteiger partial charge in [-0.3, -0.25) is 0 Å². The molecule has 4 nitrogen and oxygen atoms in total. The summed E-state index contributed by atoms with van der Waals surface area (Å²) in [5.74, 6) is 2.40. The third kappa shape index (κ3) is 3.01. The van der Waals surface area contributed by atoms with Crippen molar-refractivity contribution in [2.75, 3.05) is 37.7 Å². The second-order valence-electron chi connectivity index (χ2n) is 5.98. The summed E-state index contributed by atoms with van der Waals surface area (Å²) in [6.07, 6.45) is 1.17. The Kier molecular flexibility index (Phi) is 4.01. The van der Waals surface area contributed by atoms with Crippen LogP contribution in [0, 0.1) is 5.92 Å². The second kappa shape index (κ2) is 5.92. The topological polar surface area (TPSA) is 33.7 Å². The molecule has 20 heavy (non-hydrogen) atoms. The quantitative estimate of drug-likeness (QED) is 0.853. The number of hydrogen-bond donors (Lipinski definition) is 1. The van der Waals surface area contributed by atoms with Crippen LogP contribution in [0.5, 0.6) is 11.5 Å². The van der Waals surface area contributed by atoms with E-state index in [1.165, 1.54) is 12.1 Å². The first kappa shape index (κ1) is 13.6. The molecule has 0 amide bonds. The van der Waals surface area contributed by atoms with Crippen LogP contribution in [0.3, 0.4) is 0 Å². The van der Waals surface area contributed by atoms with Crippen molar-refractivity contribution in [1.29, 1.82) is 0 Å². The van der Waals surface area contributed by atoms with Crippen molar-refractivity contribution < 1.29 is 9.47 Å². The molecule has 2 aliphatic rings. The highest BCUT2D eigenvalue weighted by molar-refractivity contribution is 5.57. The van der Waals surface area contributed by atoms with Gasteiger partial charge in [-0.25, -0.2) is 0 Å². The number of hydrogen-bond acceptors (Lipinski definition) is 4. The van der Waals surface area contributed by atoms with E-state index in [9.17, 15) is 0 Å². The van der Waals surface area contributed by atoms with E-state index in [0.717, 1.165) is 31.1 Å². The van der Waals surface area contributed by atoms with Crippen molar-refractivity contribution >= 4 is 5.69 Å². The lowest BCUT2D eigenvalue weighted by atomic mass is 10.1. The molecule has 110 valence electrons. The molecular formula is C16H24N2O2. The Labute approximate surface area is 121 Å². The Balaban J connectivity index is 1.79. The van der Waals surface area contributed by atoms with Crippen LogP contribution in [-0.4, -0.2) is 38.9 Å². The molecule has 1 aromatic rings. The van der Waals surface area contributed by atoms with Crippen molar-refractivity contribution in [2.24, 2.45) is 5.92 Å². The summed E-state index contributed by atoms with van der Waals surface area (Å²) in [6.45, 7) is 9.11. The Bertz CT molecular complexity index is 464. The van der Waals surface area contributed by atoms with Crippen molar-refractivity contribution in [3.05, 3.63) is 18.2 Å². The van der Waals surface area contributed by atoms with Crippen LogP contribution >= 0.6 is 0 Å². The molecule has 1 N–H and O–H groups in total. The molecule has 2 atom stereocenters. The molecule has 0 radical (unpaired) electrons. The average Bonchev–Trinajstić information content (AvgIpc) is 2.47. The maximum Gasteiger partial charge on any atom is 0.163 e. The second-order valence-corrected chi connectivity index (χ2v) is 5.98. The number of rotatable bonds is 1. The summed E-state index contributed by atoms with van der Waals surface area (Å²) in [5, 5.41) is 3.58. The van der Waals surface area contributed by atoms with Gasteiger partial charge in [0.15, 0.2) is 11.5 Å². The van der Waals surface area contributed by atoms with Gasteiger partial charge in [-0.1, -0.05) is 6.92 Å². The molecule has 0 bridgehead atoms. The van der Waals surface area contributed by atoms with E-state index >= 15 is 0 Å². The van der Waals surface area contributed by atoms with Gasteiger partial charge in [0.05, 0.1) is 0 Å². The van der Waals surface area contributed by atoms with E-state index in [-0.39, 0.29) is 0 Å². The van der Waals surface area contributed by atoms with E-state index in [1.807, 2.05) is 6.07 Å². The van der Waals surface area contributed by atoms with Gasteiger partial charge in [0.25, 0.3) is 0 Å². The van der Waals surface area contributed by atoms with E-state index in [1.54, 1.807) is 0 Å². The lowest BCUT2D eigenvalue weighted by molar-refractivity contribution is 0.171. The van der Waals surface area contributed by atoms with Gasteiger partial charge in [-0.2, -0.15) is 0 Å². The zero-order valence-corrected chi connectivity index (χ0v) is 12.4. The van der Waals surface area contributed by atoms with Crippen LogP contribution in [0.25, 0.3) is 0 Å². The number of anilines is 1. The Hall–Kier alpha value is -1.42. The van der Waals surface area contributed by atoms with Crippen molar-refractivity contribution in [2.45, 2.75) is 26.3 Å². The fourth-order valence-electron chi connectivity index (χ4n) is 2.85. The molecule has 1 saturated heterocycles. The lowest BCUT2D eigenvalue weighted by Gasteiger charge is -2.33. The van der Waals surface area contributed by atoms with Gasteiger partial charge in [-0.15, -0.1) is 0 Å². The van der Waals surface area contributed by atoms with Gasteiger partial charge >= 0.3 is 0 Å². The Morgan fingerprint density at radius 2 is 1.95 bits per heavy atom. The van der Waals surface area contributed by atoms with Crippen LogP contribution in [0.1, 0.15) is 20.3 Å². The van der Waals surface area contributed by atoms with E-state index in [0.29, 0.717) is 25.2 Å². The van der Waals surface area contributed by atoms with Crippen LogP contribution in [0.15, 0.2) is 18.2 Å². The highest BCUT2D eigenvalue weighted by Gasteiger charge is 2.19. The van der Waals surface area contributed by atoms with Gasteiger partial charge in [0.2, 0.25) is 0 Å². The van der Waals surface area contributed by atoms with Gasteiger partial charge in [0.1, 0.15) is 13.2 Å². The van der Waals surface area contributed by atoms with Crippen LogP contribution in [0.4, 0.5) is 5.69 Å². The molecule has 2 heterocycles. The smallest absolute Gasteiger partial charge is 0.163 e. The molecule has 0 spiro atoms. The third-order valence-electron chi connectivity index (χ3n) is 4.07. The first-order chi connectivity index (χ1) is 9.72. The molecule has 3 rings (SSSR count). The number of nitrogens with one attached hydrogen (secondary N) is 1. The zero-order chi connectivity index (χ0) is 13.9. The van der Waals surface area contributed by atoms with Gasteiger partial charge < -0.3 is 19.7 Å². The molecule has 2 unspecified atom stereocenters. The average molecular weight is 276 g/mol. The maximum absolute atomic E-state index is 5.69. The predicted molar refractivity (Wildman–Crippen MR) is 80.9 cm³/mol. The molecular weight excluding hydrogens is 252 g/mol. The highest BCUT2D eigenvalue weighted by atomic mass is 16.6. The van der Waals surface area contributed by atoms with E-state index in [2.05, 4.69) is 36.2 Å². The van der Waals surface area contributed by atoms with Crippen molar-refractivity contribution in [3.8, 4) is 11.5 Å². The summed E-state index contributed by atoms with van der Waals surface area (Å²) in [6, 6.07) is 6.90. The Morgan fingerprint density at radius 1 is 1.15 bits per heavy atom. The molecule has 1 fully saturated rings. The first-order valence-electron chi connectivity index (χ1n) is 7.60. The predicted octanol–water partition coefficient (Wildman–Crippen LogP) is 2.28. The van der Waals surface area contributed by atoms with Gasteiger partial charge in [-0.05, 0) is 37.9 Å². The van der Waals surface area contributed by atoms with E-state index < -0.39 is 0 Å². The van der Waals surface area contributed by atoms with Crippen LogP contribution in [-0.2, 0) is 0 Å². The maximum atomic E-state index is 5.69.